The highest BCUT2D eigenvalue weighted by Crippen LogP contribution is 2.03. The highest BCUT2D eigenvalue weighted by molar-refractivity contribution is 6.44. The van der Waals surface area contributed by atoms with Crippen molar-refractivity contribution < 1.29 is 9.90 Å². The van der Waals surface area contributed by atoms with E-state index in [1.807, 2.05) is 0 Å². The maximum absolute atomic E-state index is 9.00. The molecule has 0 aromatic carbocycles. The van der Waals surface area contributed by atoms with E-state index in [1.165, 1.54) is 0 Å². The Morgan fingerprint density at radius 1 is 1.80 bits per heavy atom. The normalized spacial score (nSPS) is 7.50. The van der Waals surface area contributed by atoms with E-state index < -0.39 is 10.8 Å². The van der Waals surface area contributed by atoms with Crippen LogP contribution in [0.1, 0.15) is 13.3 Å². The summed E-state index contributed by atoms with van der Waals surface area (Å²) in [6.07, 6.45) is 0.211. The lowest BCUT2D eigenvalue weighted by molar-refractivity contribution is -0.134. The molecule has 0 radical (unpaired) electrons. The second-order valence-electron chi connectivity index (χ2n) is 1.27. The number of halogens is 2. The molecule has 0 rings (SSSR count). The third-order valence-corrected chi connectivity index (χ3v) is 0.554. The number of hydrogen-bond donors (Lipinski definition) is 1. The molecule has 0 spiro atoms. The first-order valence-corrected chi connectivity index (χ1v) is 3.22. The molecule has 0 saturated heterocycles. The lowest BCUT2D eigenvalue weighted by Crippen LogP contribution is -1.78. The Labute approximate surface area is 69.2 Å². The van der Waals surface area contributed by atoms with Crippen molar-refractivity contribution in [1.82, 2.24) is 0 Å². The smallest absolute Gasteiger partial charge is 0.300 e. The quantitative estimate of drug-likeness (QED) is 0.632. The molecule has 0 aliphatic carbocycles. The number of nitriles is 1. The molecule has 3 nitrogen and oxygen atoms in total. The van der Waals surface area contributed by atoms with Crippen molar-refractivity contribution in [1.29, 1.82) is 5.26 Å². The molecular weight excluding hydrogens is 177 g/mol. The second-order valence-corrected chi connectivity index (χ2v) is 2.55. The second kappa shape index (κ2) is 8.54. The Bertz CT molecular complexity index is 126. The summed E-state index contributed by atoms with van der Waals surface area (Å²) in [5.74, 6) is -0.833. The van der Waals surface area contributed by atoms with Crippen molar-refractivity contribution in [2.45, 2.75) is 18.2 Å². The molecule has 0 aromatic heterocycles. The van der Waals surface area contributed by atoms with Crippen LogP contribution in [0.5, 0.6) is 0 Å². The molecule has 0 bridgehead atoms. The molecule has 0 aromatic rings. The first-order chi connectivity index (χ1) is 4.50. The molecule has 10 heavy (non-hydrogen) atoms. The monoisotopic (exact) mass is 183 g/mol. The van der Waals surface area contributed by atoms with Gasteiger partial charge in [0.2, 0.25) is 0 Å². The van der Waals surface area contributed by atoms with E-state index in [-0.39, 0.29) is 6.42 Å². The fraction of sp³-hybridized carbons (Fsp3) is 0.600. The van der Waals surface area contributed by atoms with Crippen LogP contribution in [0.15, 0.2) is 0 Å². The zero-order valence-electron chi connectivity index (χ0n) is 5.34. The van der Waals surface area contributed by atoms with Crippen molar-refractivity contribution in [2.24, 2.45) is 0 Å². The molecular formula is C5H7Cl2NO2. The van der Waals surface area contributed by atoms with E-state index in [2.05, 4.69) is 0 Å². The van der Waals surface area contributed by atoms with Crippen LogP contribution in [0.2, 0.25) is 0 Å². The Balaban J connectivity index is 0. The molecule has 0 aliphatic heterocycles. The average Bonchev–Trinajstić information content (AvgIpc) is 1.62. The maximum Gasteiger partial charge on any atom is 0.300 e. The van der Waals surface area contributed by atoms with E-state index >= 15 is 0 Å². The van der Waals surface area contributed by atoms with Gasteiger partial charge in [0.25, 0.3) is 5.97 Å². The largest absolute Gasteiger partial charge is 0.481 e. The Hall–Kier alpha value is -0.460. The van der Waals surface area contributed by atoms with Gasteiger partial charge in [-0.2, -0.15) is 5.26 Å². The summed E-state index contributed by atoms with van der Waals surface area (Å²) in [4.78, 5) is 8.48. The van der Waals surface area contributed by atoms with Gasteiger partial charge in [0.1, 0.15) is 4.84 Å². The highest BCUT2D eigenvalue weighted by Gasteiger charge is 1.91. The standard InChI is InChI=1S/C3H3Cl2N.C2H4O2/c4-3(5)1-2-6;1-2(3)4/h3H,1H2;1H3,(H,3,4). The van der Waals surface area contributed by atoms with Crippen LogP contribution < -0.4 is 0 Å². The van der Waals surface area contributed by atoms with Crippen molar-refractivity contribution in [3.8, 4) is 6.07 Å². The topological polar surface area (TPSA) is 61.1 Å². The van der Waals surface area contributed by atoms with Gasteiger partial charge in [0, 0.05) is 6.92 Å². The highest BCUT2D eigenvalue weighted by atomic mass is 35.5. The van der Waals surface area contributed by atoms with Gasteiger partial charge in [-0.25, -0.2) is 0 Å². The van der Waals surface area contributed by atoms with E-state index in [1.54, 1.807) is 6.07 Å². The fourth-order valence-corrected chi connectivity index (χ4v) is 0.207. The summed E-state index contributed by atoms with van der Waals surface area (Å²) in [5, 5.41) is 15.2. The summed E-state index contributed by atoms with van der Waals surface area (Å²) in [7, 11) is 0. The summed E-state index contributed by atoms with van der Waals surface area (Å²) in [6, 6.07) is 1.80. The first-order valence-electron chi connectivity index (χ1n) is 2.35. The molecule has 0 saturated carbocycles. The Morgan fingerprint density at radius 3 is 2.10 bits per heavy atom. The zero-order valence-corrected chi connectivity index (χ0v) is 6.85. The van der Waals surface area contributed by atoms with E-state index in [0.717, 1.165) is 6.92 Å². The predicted octanol–water partition coefficient (Wildman–Crippen LogP) is 1.79. The van der Waals surface area contributed by atoms with Crippen LogP contribution in [0.25, 0.3) is 0 Å². The minimum absolute atomic E-state index is 0.211. The van der Waals surface area contributed by atoms with Crippen LogP contribution in [0.4, 0.5) is 0 Å². The van der Waals surface area contributed by atoms with Crippen LogP contribution >= 0.6 is 23.2 Å². The number of carbonyl (C=O) groups is 1. The SMILES string of the molecule is CC(=O)O.N#CCC(Cl)Cl. The van der Waals surface area contributed by atoms with Crippen molar-refractivity contribution in [3.63, 3.8) is 0 Å². The van der Waals surface area contributed by atoms with E-state index in [9.17, 15) is 0 Å². The van der Waals surface area contributed by atoms with Crippen molar-refractivity contribution in [3.05, 3.63) is 0 Å². The number of nitrogens with zero attached hydrogens (tertiary/aromatic N) is 1. The van der Waals surface area contributed by atoms with Crippen molar-refractivity contribution >= 4 is 29.2 Å². The third-order valence-electron chi connectivity index (χ3n) is 0.246. The number of carboxylic acid groups (broad SMARTS) is 1. The fourth-order valence-electron chi connectivity index (χ4n) is 0.0690. The number of aliphatic carboxylic acids is 1. The van der Waals surface area contributed by atoms with Crippen LogP contribution in [0, 0.1) is 11.3 Å². The third kappa shape index (κ3) is 50.0. The van der Waals surface area contributed by atoms with Crippen LogP contribution in [-0.2, 0) is 4.79 Å². The van der Waals surface area contributed by atoms with Gasteiger partial charge in [-0.3, -0.25) is 4.79 Å². The lowest BCUT2D eigenvalue weighted by Gasteiger charge is -1.82. The lowest BCUT2D eigenvalue weighted by atomic mass is 10.6. The first kappa shape index (κ1) is 12.2. The maximum atomic E-state index is 9.00. The minimum atomic E-state index is -0.833. The number of alkyl halides is 2. The van der Waals surface area contributed by atoms with Gasteiger partial charge in [0.15, 0.2) is 0 Å². The van der Waals surface area contributed by atoms with E-state index in [4.69, 9.17) is 38.4 Å². The average molecular weight is 184 g/mol. The molecule has 5 heteroatoms. The molecule has 0 amide bonds. The number of rotatable bonds is 1. The molecule has 0 heterocycles. The molecule has 0 unspecified atom stereocenters. The molecule has 0 fully saturated rings. The summed E-state index contributed by atoms with van der Waals surface area (Å²) < 4.78 is 0. The Morgan fingerprint density at radius 2 is 2.10 bits per heavy atom. The summed E-state index contributed by atoms with van der Waals surface area (Å²) >= 11 is 10.2. The van der Waals surface area contributed by atoms with Gasteiger partial charge in [0.05, 0.1) is 12.5 Å². The van der Waals surface area contributed by atoms with Crippen LogP contribution in [0.3, 0.4) is 0 Å². The number of hydrogen-bond acceptors (Lipinski definition) is 2. The zero-order chi connectivity index (χ0) is 8.57. The van der Waals surface area contributed by atoms with Crippen LogP contribution in [-0.4, -0.2) is 15.9 Å². The van der Waals surface area contributed by atoms with Crippen molar-refractivity contribution in [2.75, 3.05) is 0 Å². The van der Waals surface area contributed by atoms with E-state index in [0.29, 0.717) is 0 Å². The molecule has 0 aliphatic rings. The molecule has 0 atom stereocenters. The van der Waals surface area contributed by atoms with Gasteiger partial charge in [-0.1, -0.05) is 0 Å². The summed E-state index contributed by atoms with van der Waals surface area (Å²) in [5.41, 5.74) is 0. The number of carboxylic acids is 1. The predicted molar refractivity (Wildman–Crippen MR) is 39.0 cm³/mol. The van der Waals surface area contributed by atoms with Gasteiger partial charge in [-0.15, -0.1) is 23.2 Å². The van der Waals surface area contributed by atoms with Gasteiger partial charge in [-0.05, 0) is 0 Å². The minimum Gasteiger partial charge on any atom is -0.481 e. The molecule has 1 N–H and O–H groups in total. The molecule has 58 valence electrons. The van der Waals surface area contributed by atoms with Gasteiger partial charge >= 0.3 is 0 Å². The Kier molecular flexibility index (Phi) is 10.5. The summed E-state index contributed by atoms with van der Waals surface area (Å²) in [6.45, 7) is 1.08. The van der Waals surface area contributed by atoms with Gasteiger partial charge < -0.3 is 5.11 Å².